The Morgan fingerprint density at radius 1 is 1.10 bits per heavy atom. The summed E-state index contributed by atoms with van der Waals surface area (Å²) in [7, 11) is -10.1. The highest BCUT2D eigenvalue weighted by molar-refractivity contribution is 7.46. The van der Waals surface area contributed by atoms with Crippen molar-refractivity contribution in [1.82, 2.24) is 0 Å². The Balaban J connectivity index is 2.85. The molecular weight excluding hydrogens is 326 g/mol. The monoisotopic (exact) mass is 340 g/mol. The van der Waals surface area contributed by atoms with Crippen LogP contribution in [0, 0.1) is 0 Å². The van der Waals surface area contributed by atoms with Gasteiger partial charge in [0.2, 0.25) is 5.79 Å². The third-order valence-corrected chi connectivity index (χ3v) is 3.44. The standard InChI is InChI=1S/C6H14O12P2/c7-2-6(18-20(13,14)15)5(9)4(8)3(17-6)1-16-19(10,11)12/h3-5,7-9H,1-2H2,(H2,10,11,12)(H2,13,14,15)/t3-,4+,5+,6+/m0/s1. The molecule has 1 aliphatic rings. The Morgan fingerprint density at radius 3 is 2.05 bits per heavy atom. The van der Waals surface area contributed by atoms with Crippen LogP contribution in [0.2, 0.25) is 0 Å². The van der Waals surface area contributed by atoms with Crippen molar-refractivity contribution in [2.75, 3.05) is 13.2 Å². The SMILES string of the molecule is O=P(O)(O)OC[C@@H]1O[C@](CO)(OP(=O)(O)O)[C@H](O)[C@@H]1O. The predicted molar refractivity (Wildman–Crippen MR) is 57.8 cm³/mol. The second kappa shape index (κ2) is 6.05. The number of hydrogen-bond donors (Lipinski definition) is 7. The zero-order valence-electron chi connectivity index (χ0n) is 9.71. The molecule has 1 fully saturated rings. The second-order valence-electron chi connectivity index (χ2n) is 3.93. The van der Waals surface area contributed by atoms with E-state index in [0.29, 0.717) is 0 Å². The lowest BCUT2D eigenvalue weighted by Gasteiger charge is -2.29. The second-order valence-corrected chi connectivity index (χ2v) is 6.33. The highest BCUT2D eigenvalue weighted by atomic mass is 31.2. The largest absolute Gasteiger partial charge is 0.472 e. The molecular formula is C6H14O12P2. The van der Waals surface area contributed by atoms with Crippen LogP contribution in [0.15, 0.2) is 0 Å². The summed E-state index contributed by atoms with van der Waals surface area (Å²) in [6.07, 6.45) is -5.53. The minimum Gasteiger partial charge on any atom is -0.391 e. The van der Waals surface area contributed by atoms with Crippen LogP contribution in [-0.4, -0.2) is 72.2 Å². The third kappa shape index (κ3) is 4.53. The Labute approximate surface area is 112 Å². The average molecular weight is 340 g/mol. The van der Waals surface area contributed by atoms with Crippen LogP contribution in [0.25, 0.3) is 0 Å². The fraction of sp³-hybridized carbons (Fsp3) is 1.00. The van der Waals surface area contributed by atoms with E-state index < -0.39 is 53.0 Å². The van der Waals surface area contributed by atoms with Crippen molar-refractivity contribution in [2.45, 2.75) is 24.1 Å². The molecule has 1 heterocycles. The van der Waals surface area contributed by atoms with Crippen molar-refractivity contribution in [3.8, 4) is 0 Å². The van der Waals surface area contributed by atoms with Crippen molar-refractivity contribution in [3.63, 3.8) is 0 Å². The quantitative estimate of drug-likeness (QED) is 0.242. The molecule has 0 spiro atoms. The van der Waals surface area contributed by atoms with Crippen LogP contribution in [-0.2, 0) is 22.9 Å². The number of ether oxygens (including phenoxy) is 1. The molecule has 0 bridgehead atoms. The summed E-state index contributed by atoms with van der Waals surface area (Å²) in [6, 6.07) is 0. The number of hydrogen-bond acceptors (Lipinski definition) is 8. The molecule has 12 nitrogen and oxygen atoms in total. The Morgan fingerprint density at radius 2 is 1.65 bits per heavy atom. The fourth-order valence-electron chi connectivity index (χ4n) is 1.60. The lowest BCUT2D eigenvalue weighted by atomic mass is 10.1. The Hall–Kier alpha value is 0.0600. The molecule has 0 aliphatic carbocycles. The molecule has 120 valence electrons. The lowest BCUT2D eigenvalue weighted by Crippen LogP contribution is -2.47. The molecule has 0 radical (unpaired) electrons. The molecule has 1 saturated heterocycles. The van der Waals surface area contributed by atoms with E-state index in [1.807, 2.05) is 0 Å². The van der Waals surface area contributed by atoms with Crippen LogP contribution in [0.5, 0.6) is 0 Å². The Bertz CT molecular complexity index is 428. The van der Waals surface area contributed by atoms with E-state index in [4.69, 9.17) is 29.4 Å². The van der Waals surface area contributed by atoms with E-state index in [1.54, 1.807) is 0 Å². The molecule has 1 rings (SSSR count). The number of phosphoric acid groups is 2. The summed E-state index contributed by atoms with van der Waals surface area (Å²) in [5.74, 6) is -2.64. The molecule has 0 aromatic rings. The molecule has 20 heavy (non-hydrogen) atoms. The molecule has 14 heteroatoms. The van der Waals surface area contributed by atoms with Gasteiger partial charge in [0.15, 0.2) is 0 Å². The van der Waals surface area contributed by atoms with Gasteiger partial charge in [-0.05, 0) is 0 Å². The van der Waals surface area contributed by atoms with Gasteiger partial charge in [-0.15, -0.1) is 0 Å². The first-order valence-electron chi connectivity index (χ1n) is 5.01. The molecule has 0 aromatic carbocycles. The summed E-state index contributed by atoms with van der Waals surface area (Å²) in [5.41, 5.74) is 0. The van der Waals surface area contributed by atoms with Crippen molar-refractivity contribution in [2.24, 2.45) is 0 Å². The summed E-state index contributed by atoms with van der Waals surface area (Å²) >= 11 is 0. The highest BCUT2D eigenvalue weighted by Crippen LogP contribution is 2.47. The van der Waals surface area contributed by atoms with Gasteiger partial charge >= 0.3 is 15.6 Å². The van der Waals surface area contributed by atoms with Crippen LogP contribution >= 0.6 is 15.6 Å². The maximum absolute atomic E-state index is 10.8. The summed E-state index contributed by atoms with van der Waals surface area (Å²) in [6.45, 7) is -2.14. The smallest absolute Gasteiger partial charge is 0.391 e. The van der Waals surface area contributed by atoms with Crippen molar-refractivity contribution in [3.05, 3.63) is 0 Å². The molecule has 1 aliphatic heterocycles. The van der Waals surface area contributed by atoms with Gasteiger partial charge in [0.1, 0.15) is 24.9 Å². The topological polar surface area (TPSA) is 203 Å². The Kier molecular flexibility index (Phi) is 5.48. The number of aliphatic hydroxyl groups excluding tert-OH is 3. The van der Waals surface area contributed by atoms with Crippen molar-refractivity contribution < 1.29 is 57.8 Å². The van der Waals surface area contributed by atoms with Gasteiger partial charge in [0, 0.05) is 0 Å². The number of phosphoric ester groups is 2. The third-order valence-electron chi connectivity index (χ3n) is 2.41. The minimum atomic E-state index is -5.19. The normalized spacial score (nSPS) is 35.5. The first-order chi connectivity index (χ1) is 8.90. The van der Waals surface area contributed by atoms with E-state index in [0.717, 1.165) is 0 Å². The van der Waals surface area contributed by atoms with Gasteiger partial charge in [-0.25, -0.2) is 13.7 Å². The van der Waals surface area contributed by atoms with E-state index in [-0.39, 0.29) is 0 Å². The molecule has 4 atom stereocenters. The van der Waals surface area contributed by atoms with Crippen molar-refractivity contribution in [1.29, 1.82) is 0 Å². The highest BCUT2D eigenvalue weighted by Gasteiger charge is 2.58. The van der Waals surface area contributed by atoms with Gasteiger partial charge in [-0.2, -0.15) is 0 Å². The number of rotatable bonds is 6. The summed E-state index contributed by atoms with van der Waals surface area (Å²) in [5, 5.41) is 28.2. The zero-order valence-corrected chi connectivity index (χ0v) is 11.5. The van der Waals surface area contributed by atoms with Gasteiger partial charge in [-0.3, -0.25) is 4.52 Å². The van der Waals surface area contributed by atoms with Gasteiger partial charge in [0.25, 0.3) is 0 Å². The molecule has 7 N–H and O–H groups in total. The summed E-state index contributed by atoms with van der Waals surface area (Å²) < 4.78 is 34.2. The summed E-state index contributed by atoms with van der Waals surface area (Å²) in [4.78, 5) is 34.3. The van der Waals surface area contributed by atoms with E-state index in [9.17, 15) is 19.3 Å². The van der Waals surface area contributed by atoms with Crippen LogP contribution in [0.4, 0.5) is 0 Å². The first kappa shape index (κ1) is 18.1. The van der Waals surface area contributed by atoms with Crippen LogP contribution in [0.3, 0.4) is 0 Å². The zero-order chi connectivity index (χ0) is 15.8. The average Bonchev–Trinajstić information content (AvgIpc) is 2.49. The fourth-order valence-corrected chi connectivity index (χ4v) is 2.55. The lowest BCUT2D eigenvalue weighted by molar-refractivity contribution is -0.237. The molecule has 0 amide bonds. The predicted octanol–water partition coefficient (Wildman–Crippen LogP) is -2.99. The van der Waals surface area contributed by atoms with E-state index in [1.165, 1.54) is 0 Å². The number of aliphatic hydroxyl groups is 3. The van der Waals surface area contributed by atoms with Crippen LogP contribution < -0.4 is 0 Å². The molecule has 0 aromatic heterocycles. The van der Waals surface area contributed by atoms with E-state index in [2.05, 4.69) is 9.05 Å². The van der Waals surface area contributed by atoms with Gasteiger partial charge in [-0.1, -0.05) is 0 Å². The first-order valence-corrected chi connectivity index (χ1v) is 8.07. The van der Waals surface area contributed by atoms with Crippen LogP contribution in [0.1, 0.15) is 0 Å². The van der Waals surface area contributed by atoms with Crippen molar-refractivity contribution >= 4 is 15.6 Å². The maximum atomic E-state index is 10.8. The minimum absolute atomic E-state index is 0.908. The maximum Gasteiger partial charge on any atom is 0.472 e. The molecule has 0 unspecified atom stereocenters. The van der Waals surface area contributed by atoms with Gasteiger partial charge in [0.05, 0.1) is 6.61 Å². The molecule has 0 saturated carbocycles. The van der Waals surface area contributed by atoms with E-state index >= 15 is 0 Å². The van der Waals surface area contributed by atoms with Gasteiger partial charge < -0.3 is 39.6 Å².